The molecule has 6 nitrogen and oxygen atoms in total. The van der Waals surface area contributed by atoms with Crippen molar-refractivity contribution >= 4 is 34.9 Å². The molecule has 0 aromatic heterocycles. The van der Waals surface area contributed by atoms with Gasteiger partial charge in [-0.15, -0.1) is 0 Å². The van der Waals surface area contributed by atoms with Crippen LogP contribution in [0.5, 0.6) is 0 Å². The topological polar surface area (TPSA) is 96.2 Å². The molecule has 2 aromatic carbocycles. The van der Waals surface area contributed by atoms with E-state index in [2.05, 4.69) is 16.0 Å². The van der Waals surface area contributed by atoms with Crippen LogP contribution in [0.2, 0.25) is 5.02 Å². The number of amides is 3. The fourth-order valence-corrected chi connectivity index (χ4v) is 2.81. The summed E-state index contributed by atoms with van der Waals surface area (Å²) in [5.74, 6) is -0.359. The maximum atomic E-state index is 12.6. The van der Waals surface area contributed by atoms with Gasteiger partial charge in [0.2, 0.25) is 5.91 Å². The molecule has 0 aliphatic heterocycles. The quantitative estimate of drug-likeness (QED) is 0.602. The standard InChI is InChI=1S/C20H25ClN4O2/c1-20(2,3)17(25-19(22)27)18(26)24-14-9-10-16(15(21)11-14)23-12-13-7-5-4-6-8-13/h4-11,17,23H,12H2,1-3H3,(H,24,26)(H3,22,25,27)/t17-/m0/s1. The summed E-state index contributed by atoms with van der Waals surface area (Å²) in [5, 5.41) is 9.01. The molecule has 27 heavy (non-hydrogen) atoms. The first-order valence-electron chi connectivity index (χ1n) is 8.61. The summed E-state index contributed by atoms with van der Waals surface area (Å²) in [4.78, 5) is 23.8. The van der Waals surface area contributed by atoms with Gasteiger partial charge in [-0.1, -0.05) is 62.7 Å². The highest BCUT2D eigenvalue weighted by Crippen LogP contribution is 2.27. The molecule has 2 rings (SSSR count). The van der Waals surface area contributed by atoms with Gasteiger partial charge in [-0.25, -0.2) is 4.79 Å². The van der Waals surface area contributed by atoms with Gasteiger partial charge in [0.25, 0.3) is 0 Å². The van der Waals surface area contributed by atoms with Gasteiger partial charge in [-0.3, -0.25) is 4.79 Å². The average Bonchev–Trinajstić information content (AvgIpc) is 2.58. The van der Waals surface area contributed by atoms with Gasteiger partial charge in [0, 0.05) is 12.2 Å². The Morgan fingerprint density at radius 2 is 1.78 bits per heavy atom. The molecule has 2 aromatic rings. The molecule has 0 aliphatic carbocycles. The summed E-state index contributed by atoms with van der Waals surface area (Å²) in [5.41, 5.74) is 7.13. The molecule has 144 valence electrons. The first kappa shape index (κ1) is 20.6. The second-order valence-corrected chi connectivity index (χ2v) is 7.74. The molecule has 7 heteroatoms. The Kier molecular flexibility index (Phi) is 6.69. The molecular weight excluding hydrogens is 364 g/mol. The van der Waals surface area contributed by atoms with Gasteiger partial charge in [0.15, 0.2) is 0 Å². The zero-order chi connectivity index (χ0) is 20.0. The number of benzene rings is 2. The van der Waals surface area contributed by atoms with E-state index in [-0.39, 0.29) is 5.91 Å². The second-order valence-electron chi connectivity index (χ2n) is 7.33. The van der Waals surface area contributed by atoms with Gasteiger partial charge in [0.1, 0.15) is 6.04 Å². The van der Waals surface area contributed by atoms with E-state index in [1.54, 1.807) is 18.2 Å². The molecule has 1 atom stereocenters. The third-order valence-corrected chi connectivity index (χ3v) is 4.29. The number of carbonyl (C=O) groups is 2. The molecule has 0 unspecified atom stereocenters. The zero-order valence-electron chi connectivity index (χ0n) is 15.7. The van der Waals surface area contributed by atoms with Crippen LogP contribution in [-0.2, 0) is 11.3 Å². The lowest BCUT2D eigenvalue weighted by molar-refractivity contribution is -0.120. The summed E-state index contributed by atoms with van der Waals surface area (Å²) < 4.78 is 0. The summed E-state index contributed by atoms with van der Waals surface area (Å²) in [6.07, 6.45) is 0. The number of anilines is 2. The lowest BCUT2D eigenvalue weighted by atomic mass is 9.86. The van der Waals surface area contributed by atoms with Crippen molar-refractivity contribution in [1.29, 1.82) is 0 Å². The number of halogens is 1. The monoisotopic (exact) mass is 388 g/mol. The Labute approximate surface area is 164 Å². The highest BCUT2D eigenvalue weighted by Gasteiger charge is 2.32. The lowest BCUT2D eigenvalue weighted by Gasteiger charge is -2.29. The predicted molar refractivity (Wildman–Crippen MR) is 110 cm³/mol. The molecule has 3 amide bonds. The SMILES string of the molecule is CC(C)(C)[C@@H](NC(N)=O)C(=O)Nc1ccc(NCc2ccccc2)c(Cl)c1. The molecule has 0 radical (unpaired) electrons. The Balaban J connectivity index is 2.05. The zero-order valence-corrected chi connectivity index (χ0v) is 16.4. The van der Waals surface area contributed by atoms with Gasteiger partial charge in [-0.2, -0.15) is 0 Å². The normalized spacial score (nSPS) is 12.1. The van der Waals surface area contributed by atoms with Crippen molar-refractivity contribution in [2.75, 3.05) is 10.6 Å². The molecular formula is C20H25ClN4O2. The fraction of sp³-hybridized carbons (Fsp3) is 0.300. The van der Waals surface area contributed by atoms with Gasteiger partial charge in [-0.05, 0) is 29.2 Å². The summed E-state index contributed by atoms with van der Waals surface area (Å²) in [6.45, 7) is 6.17. The van der Waals surface area contributed by atoms with E-state index in [1.165, 1.54) is 0 Å². The number of nitrogens with two attached hydrogens (primary N) is 1. The minimum atomic E-state index is -0.773. The number of nitrogens with one attached hydrogen (secondary N) is 3. The number of rotatable bonds is 6. The lowest BCUT2D eigenvalue weighted by Crippen LogP contribution is -2.53. The van der Waals surface area contributed by atoms with Crippen molar-refractivity contribution in [3.63, 3.8) is 0 Å². The first-order valence-corrected chi connectivity index (χ1v) is 8.99. The number of carbonyl (C=O) groups excluding carboxylic acids is 2. The van der Waals surface area contributed by atoms with Crippen molar-refractivity contribution in [3.05, 3.63) is 59.1 Å². The number of urea groups is 1. The van der Waals surface area contributed by atoms with E-state index in [1.807, 2.05) is 51.1 Å². The van der Waals surface area contributed by atoms with Crippen molar-refractivity contribution in [1.82, 2.24) is 5.32 Å². The molecule has 0 aliphatic rings. The number of hydrogen-bond acceptors (Lipinski definition) is 3. The predicted octanol–water partition coefficient (Wildman–Crippen LogP) is 3.97. The van der Waals surface area contributed by atoms with E-state index >= 15 is 0 Å². The smallest absolute Gasteiger partial charge is 0.312 e. The molecule has 0 saturated heterocycles. The van der Waals surface area contributed by atoms with E-state index in [0.29, 0.717) is 17.3 Å². The third-order valence-electron chi connectivity index (χ3n) is 3.98. The van der Waals surface area contributed by atoms with Crippen LogP contribution >= 0.6 is 11.6 Å². The Morgan fingerprint density at radius 3 is 2.33 bits per heavy atom. The van der Waals surface area contributed by atoms with Crippen LogP contribution in [0.25, 0.3) is 0 Å². The van der Waals surface area contributed by atoms with Crippen molar-refractivity contribution < 1.29 is 9.59 Å². The average molecular weight is 389 g/mol. The van der Waals surface area contributed by atoms with Crippen LogP contribution in [0, 0.1) is 5.41 Å². The third kappa shape index (κ3) is 6.18. The van der Waals surface area contributed by atoms with Gasteiger partial charge < -0.3 is 21.7 Å². The van der Waals surface area contributed by atoms with Crippen LogP contribution in [0.4, 0.5) is 16.2 Å². The second kappa shape index (κ2) is 8.77. The van der Waals surface area contributed by atoms with Crippen LogP contribution in [0.1, 0.15) is 26.3 Å². The van der Waals surface area contributed by atoms with Crippen molar-refractivity contribution in [2.24, 2.45) is 11.1 Å². The maximum absolute atomic E-state index is 12.6. The Morgan fingerprint density at radius 1 is 1.11 bits per heavy atom. The molecule has 0 spiro atoms. The molecule has 0 saturated carbocycles. The van der Waals surface area contributed by atoms with Crippen LogP contribution < -0.4 is 21.7 Å². The minimum Gasteiger partial charge on any atom is -0.380 e. The Hall–Kier alpha value is -2.73. The highest BCUT2D eigenvalue weighted by atomic mass is 35.5. The molecule has 0 fully saturated rings. The summed E-state index contributed by atoms with van der Waals surface area (Å²) >= 11 is 6.33. The van der Waals surface area contributed by atoms with E-state index in [9.17, 15) is 9.59 Å². The largest absolute Gasteiger partial charge is 0.380 e. The summed E-state index contributed by atoms with van der Waals surface area (Å²) in [6, 6.07) is 13.7. The molecule has 0 heterocycles. The van der Waals surface area contributed by atoms with Crippen LogP contribution in [0.3, 0.4) is 0 Å². The number of hydrogen-bond donors (Lipinski definition) is 4. The maximum Gasteiger partial charge on any atom is 0.312 e. The molecule has 0 bridgehead atoms. The minimum absolute atomic E-state index is 0.359. The fourth-order valence-electron chi connectivity index (χ4n) is 2.56. The number of primary amides is 1. The van der Waals surface area contributed by atoms with Crippen molar-refractivity contribution in [2.45, 2.75) is 33.4 Å². The molecule has 5 N–H and O–H groups in total. The van der Waals surface area contributed by atoms with Gasteiger partial charge >= 0.3 is 6.03 Å². The van der Waals surface area contributed by atoms with Crippen molar-refractivity contribution in [3.8, 4) is 0 Å². The van der Waals surface area contributed by atoms with Gasteiger partial charge in [0.05, 0.1) is 10.7 Å². The van der Waals surface area contributed by atoms with Crippen LogP contribution in [0.15, 0.2) is 48.5 Å². The first-order chi connectivity index (χ1) is 12.7. The van der Waals surface area contributed by atoms with E-state index in [4.69, 9.17) is 17.3 Å². The summed E-state index contributed by atoms with van der Waals surface area (Å²) in [7, 11) is 0. The highest BCUT2D eigenvalue weighted by molar-refractivity contribution is 6.33. The Bertz CT molecular complexity index is 803. The van der Waals surface area contributed by atoms with E-state index < -0.39 is 17.5 Å². The van der Waals surface area contributed by atoms with Crippen LogP contribution in [-0.4, -0.2) is 18.0 Å². The van der Waals surface area contributed by atoms with E-state index in [0.717, 1.165) is 11.3 Å².